The highest BCUT2D eigenvalue weighted by Crippen LogP contribution is 2.26. The minimum Gasteiger partial charge on any atom is -0.364 e. The van der Waals surface area contributed by atoms with Crippen LogP contribution in [0.25, 0.3) is 6.08 Å². The summed E-state index contributed by atoms with van der Waals surface area (Å²) in [6.07, 6.45) is 11.8. The van der Waals surface area contributed by atoms with Crippen molar-refractivity contribution in [3.63, 3.8) is 0 Å². The van der Waals surface area contributed by atoms with Gasteiger partial charge in [0.25, 0.3) is 5.91 Å². The molecule has 0 aromatic carbocycles. The van der Waals surface area contributed by atoms with Gasteiger partial charge in [0.05, 0.1) is 0 Å². The van der Waals surface area contributed by atoms with Crippen LogP contribution in [0, 0.1) is 11.7 Å². The number of hydrogen-bond acceptors (Lipinski definition) is 5. The van der Waals surface area contributed by atoms with Crippen molar-refractivity contribution in [1.29, 1.82) is 0 Å². The number of halogens is 1. The molecular weight excluding hydrogens is 335 g/mol. The molecule has 3 rings (SSSR count). The third-order valence-corrected chi connectivity index (χ3v) is 5.25. The maximum Gasteiger partial charge on any atom is 0.267 e. The number of likely N-dealkylation sites (tertiary alicyclic amines) is 1. The summed E-state index contributed by atoms with van der Waals surface area (Å²) >= 11 is 0. The van der Waals surface area contributed by atoms with Crippen LogP contribution in [-0.2, 0) is 4.79 Å². The smallest absolute Gasteiger partial charge is 0.267 e. The molecule has 7 heteroatoms. The Bertz CT molecular complexity index is 646. The summed E-state index contributed by atoms with van der Waals surface area (Å²) in [5.41, 5.74) is 1.95. The number of amides is 1. The fourth-order valence-corrected chi connectivity index (χ4v) is 3.90. The fraction of sp³-hybridized carbons (Fsp3) is 0.579. The van der Waals surface area contributed by atoms with E-state index in [0.29, 0.717) is 5.56 Å². The molecule has 1 saturated carbocycles. The first-order chi connectivity index (χ1) is 12.6. The van der Waals surface area contributed by atoms with E-state index in [1.54, 1.807) is 0 Å². The number of carbonyl (C=O) groups is 1. The first-order valence-electron chi connectivity index (χ1n) is 9.40. The minimum atomic E-state index is -0.670. The van der Waals surface area contributed by atoms with Crippen molar-refractivity contribution >= 4 is 17.8 Å². The molecule has 1 aliphatic heterocycles. The normalized spacial score (nSPS) is 22.0. The van der Waals surface area contributed by atoms with Gasteiger partial charge in [0.15, 0.2) is 11.6 Å². The van der Waals surface area contributed by atoms with E-state index in [2.05, 4.69) is 15.2 Å². The summed E-state index contributed by atoms with van der Waals surface area (Å²) in [6.45, 7) is 3.13. The number of rotatable bonds is 6. The summed E-state index contributed by atoms with van der Waals surface area (Å²) in [4.78, 5) is 17.6. The molecule has 2 heterocycles. The Morgan fingerprint density at radius 2 is 2.15 bits per heavy atom. The van der Waals surface area contributed by atoms with Crippen LogP contribution in [0.1, 0.15) is 44.1 Å². The molecule has 6 nitrogen and oxygen atoms in total. The van der Waals surface area contributed by atoms with Crippen LogP contribution < -0.4 is 10.8 Å². The van der Waals surface area contributed by atoms with Gasteiger partial charge >= 0.3 is 0 Å². The molecule has 0 radical (unpaired) electrons. The topological polar surface area (TPSA) is 77.5 Å². The Kier molecular flexibility index (Phi) is 6.57. The van der Waals surface area contributed by atoms with Gasteiger partial charge in [-0.2, -0.15) is 0 Å². The zero-order valence-corrected chi connectivity index (χ0v) is 15.0. The van der Waals surface area contributed by atoms with Crippen molar-refractivity contribution < 1.29 is 14.4 Å². The molecule has 1 aromatic rings. The van der Waals surface area contributed by atoms with E-state index >= 15 is 0 Å². The van der Waals surface area contributed by atoms with E-state index in [-0.39, 0.29) is 11.9 Å². The third-order valence-electron chi connectivity index (χ3n) is 5.25. The highest BCUT2D eigenvalue weighted by Gasteiger charge is 2.26. The van der Waals surface area contributed by atoms with Crippen LogP contribution in [0.15, 0.2) is 18.3 Å². The number of nitrogens with one attached hydrogen (secondary N) is 2. The van der Waals surface area contributed by atoms with Gasteiger partial charge in [0.2, 0.25) is 0 Å². The van der Waals surface area contributed by atoms with Crippen LogP contribution in [0.4, 0.5) is 10.2 Å². The standard InChI is InChI=1S/C19H27FN4O2/c20-17-10-15(6-7-18(25)23-26)11-21-19(17)22-16-8-9-24(13-16)12-14-4-2-1-3-5-14/h6-7,10-11,14,16,26H,1-5,8-9,12-13H2,(H,21,22)(H,23,25)/b7-6+. The lowest BCUT2D eigenvalue weighted by Crippen LogP contribution is -2.31. The molecule has 2 fully saturated rings. The first kappa shape index (κ1) is 18.8. The second-order valence-corrected chi connectivity index (χ2v) is 7.30. The fourth-order valence-electron chi connectivity index (χ4n) is 3.90. The Labute approximate surface area is 153 Å². The van der Waals surface area contributed by atoms with Gasteiger partial charge in [-0.25, -0.2) is 14.9 Å². The van der Waals surface area contributed by atoms with Crippen molar-refractivity contribution in [3.05, 3.63) is 29.7 Å². The van der Waals surface area contributed by atoms with E-state index in [0.717, 1.165) is 38.0 Å². The van der Waals surface area contributed by atoms with Crippen molar-refractivity contribution in [2.45, 2.75) is 44.6 Å². The van der Waals surface area contributed by atoms with E-state index < -0.39 is 11.7 Å². The zero-order chi connectivity index (χ0) is 18.4. The molecule has 1 unspecified atom stereocenters. The lowest BCUT2D eigenvalue weighted by atomic mass is 9.89. The molecule has 3 N–H and O–H groups in total. The number of hydrogen-bond donors (Lipinski definition) is 3. The Morgan fingerprint density at radius 3 is 2.88 bits per heavy atom. The lowest BCUT2D eigenvalue weighted by Gasteiger charge is -2.26. The zero-order valence-electron chi connectivity index (χ0n) is 15.0. The van der Waals surface area contributed by atoms with Gasteiger partial charge in [-0.1, -0.05) is 19.3 Å². The summed E-state index contributed by atoms with van der Waals surface area (Å²) in [5, 5.41) is 11.6. The highest BCUT2D eigenvalue weighted by molar-refractivity contribution is 5.90. The minimum absolute atomic E-state index is 0.210. The summed E-state index contributed by atoms with van der Waals surface area (Å²) in [6, 6.07) is 1.53. The third kappa shape index (κ3) is 5.25. The second kappa shape index (κ2) is 9.09. The second-order valence-electron chi connectivity index (χ2n) is 7.30. The molecule has 0 bridgehead atoms. The average Bonchev–Trinajstić information content (AvgIpc) is 3.09. The van der Waals surface area contributed by atoms with Crippen molar-refractivity contribution in [1.82, 2.24) is 15.4 Å². The van der Waals surface area contributed by atoms with Crippen LogP contribution >= 0.6 is 0 Å². The number of nitrogens with zero attached hydrogens (tertiary/aromatic N) is 2. The quantitative estimate of drug-likeness (QED) is 0.412. The van der Waals surface area contributed by atoms with Crippen molar-refractivity contribution in [2.75, 3.05) is 25.0 Å². The van der Waals surface area contributed by atoms with Crippen LogP contribution in [0.2, 0.25) is 0 Å². The number of anilines is 1. The number of hydroxylamine groups is 1. The molecular formula is C19H27FN4O2. The van der Waals surface area contributed by atoms with Gasteiger partial charge < -0.3 is 10.2 Å². The molecule has 1 saturated heterocycles. The molecule has 1 aromatic heterocycles. The summed E-state index contributed by atoms with van der Waals surface area (Å²) in [7, 11) is 0. The van der Waals surface area contributed by atoms with Crippen LogP contribution in [0.5, 0.6) is 0 Å². The van der Waals surface area contributed by atoms with Gasteiger partial charge in [0, 0.05) is 37.9 Å². The Balaban J connectivity index is 1.51. The molecule has 1 amide bonds. The Hall–Kier alpha value is -1.99. The predicted molar refractivity (Wildman–Crippen MR) is 98.2 cm³/mol. The lowest BCUT2D eigenvalue weighted by molar-refractivity contribution is -0.124. The van der Waals surface area contributed by atoms with E-state index in [1.165, 1.54) is 55.9 Å². The average molecular weight is 362 g/mol. The van der Waals surface area contributed by atoms with Crippen molar-refractivity contribution in [3.8, 4) is 0 Å². The van der Waals surface area contributed by atoms with Gasteiger partial charge in [0.1, 0.15) is 0 Å². The molecule has 26 heavy (non-hydrogen) atoms. The Morgan fingerprint density at radius 1 is 1.35 bits per heavy atom. The van der Waals surface area contributed by atoms with Gasteiger partial charge in [-0.3, -0.25) is 10.0 Å². The monoisotopic (exact) mass is 362 g/mol. The number of pyridine rings is 1. The van der Waals surface area contributed by atoms with E-state index in [9.17, 15) is 9.18 Å². The van der Waals surface area contributed by atoms with Crippen LogP contribution in [0.3, 0.4) is 0 Å². The van der Waals surface area contributed by atoms with Crippen LogP contribution in [-0.4, -0.2) is 46.7 Å². The molecule has 1 atom stereocenters. The molecule has 0 spiro atoms. The summed E-state index contributed by atoms with van der Waals surface area (Å²) in [5.74, 6) is -0.0447. The van der Waals surface area contributed by atoms with Gasteiger partial charge in [-0.05, 0) is 42.9 Å². The largest absolute Gasteiger partial charge is 0.364 e. The molecule has 1 aliphatic carbocycles. The predicted octanol–water partition coefficient (Wildman–Crippen LogP) is 2.81. The van der Waals surface area contributed by atoms with E-state index in [1.807, 2.05) is 0 Å². The number of carbonyl (C=O) groups excluding carboxylic acids is 1. The van der Waals surface area contributed by atoms with E-state index in [4.69, 9.17) is 5.21 Å². The van der Waals surface area contributed by atoms with Crippen molar-refractivity contribution in [2.24, 2.45) is 5.92 Å². The number of aromatic nitrogens is 1. The maximum atomic E-state index is 14.3. The first-order valence-corrected chi connectivity index (χ1v) is 9.40. The highest BCUT2D eigenvalue weighted by atomic mass is 19.1. The summed E-state index contributed by atoms with van der Waals surface area (Å²) < 4.78 is 14.3. The SMILES string of the molecule is O=C(/C=C/c1cnc(NC2CCN(CC3CCCCC3)C2)c(F)c1)NO. The maximum absolute atomic E-state index is 14.3. The molecule has 2 aliphatic rings. The molecule has 142 valence electrons. The van der Waals surface area contributed by atoms with Gasteiger partial charge in [-0.15, -0.1) is 0 Å².